The molecule has 23 heavy (non-hydrogen) atoms. The van der Waals surface area contributed by atoms with Crippen molar-refractivity contribution in [2.75, 3.05) is 17.7 Å². The van der Waals surface area contributed by atoms with E-state index >= 15 is 0 Å². The Kier molecular flexibility index (Phi) is 4.73. The lowest BCUT2D eigenvalue weighted by Gasteiger charge is -2.14. The molecule has 0 saturated carbocycles. The highest BCUT2D eigenvalue weighted by Gasteiger charge is 2.31. The van der Waals surface area contributed by atoms with Crippen molar-refractivity contribution in [3.05, 3.63) is 53.8 Å². The first-order valence-electron chi connectivity index (χ1n) is 6.39. The quantitative estimate of drug-likeness (QED) is 0.815. The number of urea groups is 1. The molecule has 0 aromatic heterocycles. The second kappa shape index (κ2) is 6.55. The normalized spacial score (nSPS) is 11.0. The van der Waals surface area contributed by atoms with Gasteiger partial charge in [-0.1, -0.05) is 12.1 Å². The summed E-state index contributed by atoms with van der Waals surface area (Å²) in [5.74, 6) is -0.625. The lowest BCUT2D eigenvalue weighted by Crippen LogP contribution is -2.21. The number of rotatable bonds is 3. The molecule has 2 N–H and O–H groups in total. The van der Waals surface area contributed by atoms with Crippen molar-refractivity contribution in [2.24, 2.45) is 0 Å². The zero-order valence-corrected chi connectivity index (χ0v) is 11.9. The van der Waals surface area contributed by atoms with Gasteiger partial charge in [-0.3, -0.25) is 0 Å². The number of amides is 2. The summed E-state index contributed by atoms with van der Waals surface area (Å²) in [4.78, 5) is 11.8. The first-order chi connectivity index (χ1) is 10.8. The number of halogens is 4. The summed E-state index contributed by atoms with van der Waals surface area (Å²) in [6, 6.07) is 7.16. The average molecular weight is 328 g/mol. The number of carbonyl (C=O) groups is 1. The summed E-state index contributed by atoms with van der Waals surface area (Å²) < 4.78 is 56.5. The van der Waals surface area contributed by atoms with Gasteiger partial charge in [0, 0.05) is 0 Å². The molecule has 0 atom stereocenters. The molecule has 0 aliphatic rings. The summed E-state index contributed by atoms with van der Waals surface area (Å²) in [7, 11) is 1.25. The zero-order valence-electron chi connectivity index (χ0n) is 11.9. The van der Waals surface area contributed by atoms with Crippen molar-refractivity contribution in [1.29, 1.82) is 0 Å². The van der Waals surface area contributed by atoms with Gasteiger partial charge in [0.2, 0.25) is 0 Å². The predicted molar refractivity (Wildman–Crippen MR) is 77.0 cm³/mol. The Bertz CT molecular complexity index is 717. The van der Waals surface area contributed by atoms with E-state index in [1.54, 1.807) is 0 Å². The molecule has 0 aliphatic carbocycles. The van der Waals surface area contributed by atoms with Crippen LogP contribution in [-0.2, 0) is 6.18 Å². The first-order valence-corrected chi connectivity index (χ1v) is 6.39. The lowest BCUT2D eigenvalue weighted by molar-refractivity contribution is -0.137. The molecule has 0 saturated heterocycles. The summed E-state index contributed by atoms with van der Waals surface area (Å²) in [5, 5.41) is 4.41. The molecule has 8 heteroatoms. The van der Waals surface area contributed by atoms with Gasteiger partial charge in [0.25, 0.3) is 0 Å². The Labute approximate surface area is 129 Å². The molecule has 0 unspecified atom stereocenters. The highest BCUT2D eigenvalue weighted by Crippen LogP contribution is 2.35. The van der Waals surface area contributed by atoms with Gasteiger partial charge in [-0.15, -0.1) is 0 Å². The van der Waals surface area contributed by atoms with Crippen molar-refractivity contribution in [1.82, 2.24) is 0 Å². The number of methoxy groups -OCH3 is 1. The molecule has 0 spiro atoms. The van der Waals surface area contributed by atoms with E-state index in [1.807, 2.05) is 0 Å². The van der Waals surface area contributed by atoms with Gasteiger partial charge >= 0.3 is 12.2 Å². The van der Waals surface area contributed by atoms with Gasteiger partial charge in [-0.05, 0) is 30.3 Å². The number of alkyl halides is 3. The second-order valence-corrected chi connectivity index (χ2v) is 4.47. The van der Waals surface area contributed by atoms with Crippen LogP contribution in [0.1, 0.15) is 5.56 Å². The minimum absolute atomic E-state index is 0.0432. The molecule has 0 radical (unpaired) electrons. The molecule has 2 aromatic rings. The maximum absolute atomic E-state index is 13.4. The molecule has 0 aliphatic heterocycles. The Morgan fingerprint density at radius 1 is 1.04 bits per heavy atom. The minimum atomic E-state index is -4.56. The molecule has 2 amide bonds. The molecule has 0 bridgehead atoms. The number of anilines is 2. The number of hydrogen-bond acceptors (Lipinski definition) is 2. The van der Waals surface area contributed by atoms with Crippen LogP contribution >= 0.6 is 0 Å². The van der Waals surface area contributed by atoms with Crippen molar-refractivity contribution in [2.45, 2.75) is 6.18 Å². The van der Waals surface area contributed by atoms with Crippen molar-refractivity contribution >= 4 is 17.4 Å². The molecular formula is C15H12F4N2O2. The third kappa shape index (κ3) is 4.12. The first kappa shape index (κ1) is 16.6. The molecular weight excluding hydrogens is 316 g/mol. The van der Waals surface area contributed by atoms with Crippen LogP contribution in [0.15, 0.2) is 42.5 Å². The van der Waals surface area contributed by atoms with Crippen LogP contribution in [0.25, 0.3) is 0 Å². The van der Waals surface area contributed by atoms with E-state index in [4.69, 9.17) is 4.74 Å². The van der Waals surface area contributed by atoms with Gasteiger partial charge in [0.05, 0.1) is 24.0 Å². The Morgan fingerprint density at radius 3 is 2.30 bits per heavy atom. The highest BCUT2D eigenvalue weighted by atomic mass is 19.4. The summed E-state index contributed by atoms with van der Waals surface area (Å²) >= 11 is 0. The van der Waals surface area contributed by atoms with Crippen molar-refractivity contribution < 1.29 is 27.1 Å². The van der Waals surface area contributed by atoms with Gasteiger partial charge in [-0.25, -0.2) is 9.18 Å². The van der Waals surface area contributed by atoms with E-state index < -0.39 is 23.6 Å². The van der Waals surface area contributed by atoms with Crippen LogP contribution in [0.3, 0.4) is 0 Å². The molecule has 0 fully saturated rings. The smallest absolute Gasteiger partial charge is 0.416 e. The average Bonchev–Trinajstić information content (AvgIpc) is 2.48. The predicted octanol–water partition coefficient (Wildman–Crippen LogP) is 4.50. The van der Waals surface area contributed by atoms with E-state index in [0.29, 0.717) is 0 Å². The van der Waals surface area contributed by atoms with E-state index in [-0.39, 0.29) is 17.1 Å². The second-order valence-electron chi connectivity index (χ2n) is 4.47. The van der Waals surface area contributed by atoms with Crippen molar-refractivity contribution in [3.63, 3.8) is 0 Å². The Hall–Kier alpha value is -2.77. The standard InChI is InChI=1S/C15H12F4N2O2/c1-23-13-7-6-9(15(17,18)19)8-12(13)21-14(22)20-11-5-3-2-4-10(11)16/h2-8H,1H3,(H2,20,21,22). The molecule has 122 valence electrons. The van der Waals surface area contributed by atoms with Crippen LogP contribution < -0.4 is 15.4 Å². The van der Waals surface area contributed by atoms with E-state index in [9.17, 15) is 22.4 Å². The maximum atomic E-state index is 13.4. The maximum Gasteiger partial charge on any atom is 0.416 e. The van der Waals surface area contributed by atoms with Crippen LogP contribution in [0.5, 0.6) is 5.75 Å². The fraction of sp³-hybridized carbons (Fsp3) is 0.133. The van der Waals surface area contributed by atoms with E-state index in [1.165, 1.54) is 25.3 Å². The molecule has 2 aromatic carbocycles. The highest BCUT2D eigenvalue weighted by molar-refractivity contribution is 6.00. The van der Waals surface area contributed by atoms with Crippen LogP contribution in [0.4, 0.5) is 33.7 Å². The van der Waals surface area contributed by atoms with Gasteiger partial charge in [0.1, 0.15) is 11.6 Å². The number of para-hydroxylation sites is 1. The minimum Gasteiger partial charge on any atom is -0.495 e. The number of benzene rings is 2. The van der Waals surface area contributed by atoms with E-state index in [2.05, 4.69) is 10.6 Å². The topological polar surface area (TPSA) is 50.4 Å². The van der Waals surface area contributed by atoms with Crippen molar-refractivity contribution in [3.8, 4) is 5.75 Å². The molecule has 0 heterocycles. The summed E-state index contributed by atoms with van der Waals surface area (Å²) in [6.07, 6.45) is -4.56. The largest absolute Gasteiger partial charge is 0.495 e. The van der Waals surface area contributed by atoms with E-state index in [0.717, 1.165) is 24.3 Å². The van der Waals surface area contributed by atoms with Gasteiger partial charge < -0.3 is 15.4 Å². The van der Waals surface area contributed by atoms with Crippen LogP contribution in [0, 0.1) is 5.82 Å². The SMILES string of the molecule is COc1ccc(C(F)(F)F)cc1NC(=O)Nc1ccccc1F. The fourth-order valence-corrected chi connectivity index (χ4v) is 1.82. The zero-order chi connectivity index (χ0) is 17.0. The molecule has 2 rings (SSSR count). The fourth-order valence-electron chi connectivity index (χ4n) is 1.82. The van der Waals surface area contributed by atoms with Gasteiger partial charge in [0.15, 0.2) is 0 Å². The van der Waals surface area contributed by atoms with Crippen LogP contribution in [-0.4, -0.2) is 13.1 Å². The number of carbonyl (C=O) groups excluding carboxylic acids is 1. The summed E-state index contributed by atoms with van der Waals surface area (Å²) in [6.45, 7) is 0. The summed E-state index contributed by atoms with van der Waals surface area (Å²) in [5.41, 5.74) is -1.23. The third-order valence-electron chi connectivity index (χ3n) is 2.90. The Morgan fingerprint density at radius 2 is 1.70 bits per heavy atom. The molecule has 4 nitrogen and oxygen atoms in total. The lowest BCUT2D eigenvalue weighted by atomic mass is 10.2. The number of nitrogens with one attached hydrogen (secondary N) is 2. The number of ether oxygens (including phenoxy) is 1. The van der Waals surface area contributed by atoms with Crippen LogP contribution in [0.2, 0.25) is 0 Å². The monoisotopic (exact) mass is 328 g/mol. The number of hydrogen-bond donors (Lipinski definition) is 2. The third-order valence-corrected chi connectivity index (χ3v) is 2.90. The van der Waals surface area contributed by atoms with Gasteiger partial charge in [-0.2, -0.15) is 13.2 Å². The Balaban J connectivity index is 2.21.